The molecule has 166 valence electrons. The van der Waals surface area contributed by atoms with E-state index in [1.54, 1.807) is 0 Å². The maximum Gasteiger partial charge on any atom is 0.309 e. The summed E-state index contributed by atoms with van der Waals surface area (Å²) in [5, 5.41) is 10.3. The molecule has 3 atom stereocenters. The van der Waals surface area contributed by atoms with Crippen molar-refractivity contribution in [3.05, 3.63) is 0 Å². The van der Waals surface area contributed by atoms with Crippen LogP contribution < -0.4 is 0 Å². The molecule has 0 aliphatic rings. The molecule has 28 heavy (non-hydrogen) atoms. The third kappa shape index (κ3) is 8.53. The molecule has 0 aliphatic carbocycles. The van der Waals surface area contributed by atoms with Crippen LogP contribution in [0, 0.1) is 17.3 Å². The average molecular weight is 399 g/mol. The van der Waals surface area contributed by atoms with Gasteiger partial charge in [0.05, 0.1) is 17.9 Å². The topological polar surface area (TPSA) is 63.6 Å². The molecule has 0 fully saturated rings. The summed E-state index contributed by atoms with van der Waals surface area (Å²) in [5.74, 6) is -1.36. The minimum absolute atomic E-state index is 0.145. The summed E-state index contributed by atoms with van der Waals surface area (Å²) in [6, 6.07) is 0. The number of carbonyl (C=O) groups is 2. The van der Waals surface area contributed by atoms with Gasteiger partial charge in [-0.3, -0.25) is 9.59 Å². The molecule has 0 aromatic heterocycles. The fourth-order valence-corrected chi connectivity index (χ4v) is 4.54. The molecule has 4 nitrogen and oxygen atoms in total. The molecule has 0 spiro atoms. The van der Waals surface area contributed by atoms with Gasteiger partial charge >= 0.3 is 11.9 Å². The van der Waals surface area contributed by atoms with Crippen molar-refractivity contribution in [1.82, 2.24) is 0 Å². The Bertz CT molecular complexity index is 421. The van der Waals surface area contributed by atoms with E-state index in [0.29, 0.717) is 19.4 Å². The van der Waals surface area contributed by atoms with E-state index in [1.807, 2.05) is 13.8 Å². The summed E-state index contributed by atoms with van der Waals surface area (Å²) in [6.45, 7) is 10.6. The van der Waals surface area contributed by atoms with E-state index in [4.69, 9.17) is 4.74 Å². The number of hydrogen-bond acceptors (Lipinski definition) is 3. The first-order valence-electron chi connectivity index (χ1n) is 11.8. The number of carboxylic acids is 1. The minimum Gasteiger partial charge on any atom is -0.481 e. The minimum atomic E-state index is -0.827. The van der Waals surface area contributed by atoms with Gasteiger partial charge in [-0.05, 0) is 38.5 Å². The SMILES string of the molecule is CCCCCCC(CC)(C(=O)O)C(CCCCC)C(CCCC)C(=O)OCC. The molecule has 0 radical (unpaired) electrons. The van der Waals surface area contributed by atoms with Gasteiger partial charge in [-0.25, -0.2) is 0 Å². The van der Waals surface area contributed by atoms with Gasteiger partial charge in [0, 0.05) is 0 Å². The molecule has 4 heteroatoms. The third-order valence-corrected chi connectivity index (χ3v) is 6.31. The number of unbranched alkanes of at least 4 members (excludes halogenated alkanes) is 6. The van der Waals surface area contributed by atoms with Gasteiger partial charge < -0.3 is 9.84 Å². The fourth-order valence-electron chi connectivity index (χ4n) is 4.54. The second kappa shape index (κ2) is 15.8. The highest BCUT2D eigenvalue weighted by Gasteiger charge is 2.48. The standard InChI is InChI=1S/C24H46O4/c1-6-11-14-16-19-24(9-4,23(26)27)21(18-15-12-7-2)20(17-13-8-3)22(25)28-10-5/h20-21H,6-19H2,1-5H3,(H,26,27). The lowest BCUT2D eigenvalue weighted by atomic mass is 9.62. The fraction of sp³-hybridized carbons (Fsp3) is 0.917. The summed E-state index contributed by atoms with van der Waals surface area (Å²) in [7, 11) is 0. The van der Waals surface area contributed by atoms with E-state index < -0.39 is 11.4 Å². The van der Waals surface area contributed by atoms with Crippen LogP contribution in [0.2, 0.25) is 0 Å². The third-order valence-electron chi connectivity index (χ3n) is 6.31. The molecule has 0 aromatic carbocycles. The van der Waals surface area contributed by atoms with Crippen molar-refractivity contribution < 1.29 is 19.4 Å². The Labute approximate surface area is 173 Å². The van der Waals surface area contributed by atoms with Crippen molar-refractivity contribution in [2.24, 2.45) is 17.3 Å². The van der Waals surface area contributed by atoms with Gasteiger partial charge in [0.15, 0.2) is 0 Å². The summed E-state index contributed by atoms with van der Waals surface area (Å²) < 4.78 is 5.42. The Morgan fingerprint density at radius 2 is 1.43 bits per heavy atom. The number of esters is 1. The van der Waals surface area contributed by atoms with E-state index in [9.17, 15) is 14.7 Å². The molecule has 1 N–H and O–H groups in total. The van der Waals surface area contributed by atoms with Gasteiger partial charge in [-0.1, -0.05) is 85.5 Å². The lowest BCUT2D eigenvalue weighted by molar-refractivity contribution is -0.163. The molecule has 0 amide bonds. The molecule has 0 heterocycles. The number of ether oxygens (including phenoxy) is 1. The van der Waals surface area contributed by atoms with Crippen LogP contribution in [-0.2, 0) is 14.3 Å². The first kappa shape index (κ1) is 26.9. The van der Waals surface area contributed by atoms with Gasteiger partial charge in [0.1, 0.15) is 0 Å². The maximum absolute atomic E-state index is 12.9. The molecule has 0 saturated heterocycles. The summed E-state index contributed by atoms with van der Waals surface area (Å²) >= 11 is 0. The summed E-state index contributed by atoms with van der Waals surface area (Å²) in [6.07, 6.45) is 12.1. The molecular weight excluding hydrogens is 352 g/mol. The Kier molecular flexibility index (Phi) is 15.2. The molecule has 3 unspecified atom stereocenters. The van der Waals surface area contributed by atoms with Crippen molar-refractivity contribution in [3.63, 3.8) is 0 Å². The van der Waals surface area contributed by atoms with Crippen LogP contribution in [0.5, 0.6) is 0 Å². The van der Waals surface area contributed by atoms with Crippen LogP contribution in [0.15, 0.2) is 0 Å². The van der Waals surface area contributed by atoms with Gasteiger partial charge in [0.25, 0.3) is 0 Å². The van der Waals surface area contributed by atoms with Crippen molar-refractivity contribution >= 4 is 11.9 Å². The van der Waals surface area contributed by atoms with E-state index in [-0.39, 0.29) is 17.8 Å². The normalized spacial score (nSPS) is 15.6. The Balaban J connectivity index is 5.84. The van der Waals surface area contributed by atoms with E-state index >= 15 is 0 Å². The molecule has 0 aliphatic heterocycles. The van der Waals surface area contributed by atoms with E-state index in [2.05, 4.69) is 20.8 Å². The second-order valence-corrected chi connectivity index (χ2v) is 8.23. The smallest absolute Gasteiger partial charge is 0.309 e. The molecule has 0 bridgehead atoms. The van der Waals surface area contributed by atoms with E-state index in [1.165, 1.54) is 0 Å². The van der Waals surface area contributed by atoms with Crippen LogP contribution in [0.4, 0.5) is 0 Å². The van der Waals surface area contributed by atoms with Gasteiger partial charge in [0.2, 0.25) is 0 Å². The van der Waals surface area contributed by atoms with Crippen molar-refractivity contribution in [2.45, 2.75) is 118 Å². The van der Waals surface area contributed by atoms with Crippen LogP contribution >= 0.6 is 0 Å². The predicted octanol–water partition coefficient (Wildman–Crippen LogP) is 7.00. The van der Waals surface area contributed by atoms with Gasteiger partial charge in [-0.2, -0.15) is 0 Å². The second-order valence-electron chi connectivity index (χ2n) is 8.23. The predicted molar refractivity (Wildman–Crippen MR) is 116 cm³/mol. The van der Waals surface area contributed by atoms with Crippen LogP contribution in [-0.4, -0.2) is 23.7 Å². The van der Waals surface area contributed by atoms with Crippen LogP contribution in [0.25, 0.3) is 0 Å². The average Bonchev–Trinajstić information content (AvgIpc) is 2.67. The molecule has 0 saturated carbocycles. The lowest BCUT2D eigenvalue weighted by Crippen LogP contribution is -2.44. The van der Waals surface area contributed by atoms with Crippen LogP contribution in [0.1, 0.15) is 118 Å². The zero-order valence-electron chi connectivity index (χ0n) is 19.2. The van der Waals surface area contributed by atoms with Crippen molar-refractivity contribution in [2.75, 3.05) is 6.61 Å². The maximum atomic E-state index is 12.9. The number of rotatable bonds is 18. The molecule has 0 aromatic rings. The zero-order valence-corrected chi connectivity index (χ0v) is 19.2. The van der Waals surface area contributed by atoms with Gasteiger partial charge in [-0.15, -0.1) is 0 Å². The van der Waals surface area contributed by atoms with Crippen molar-refractivity contribution in [3.8, 4) is 0 Å². The largest absolute Gasteiger partial charge is 0.481 e. The van der Waals surface area contributed by atoms with Crippen LogP contribution in [0.3, 0.4) is 0 Å². The Morgan fingerprint density at radius 1 is 0.821 bits per heavy atom. The summed E-state index contributed by atoms with van der Waals surface area (Å²) in [5.41, 5.74) is -0.827. The highest BCUT2D eigenvalue weighted by molar-refractivity contribution is 5.78. The zero-order chi connectivity index (χ0) is 21.4. The Morgan fingerprint density at radius 3 is 1.93 bits per heavy atom. The highest BCUT2D eigenvalue weighted by atomic mass is 16.5. The first-order chi connectivity index (χ1) is 13.4. The monoisotopic (exact) mass is 398 g/mol. The number of carboxylic acid groups (broad SMARTS) is 1. The first-order valence-corrected chi connectivity index (χ1v) is 11.8. The summed E-state index contributed by atoms with van der Waals surface area (Å²) in [4.78, 5) is 25.5. The quantitative estimate of drug-likeness (QED) is 0.199. The molecule has 0 rings (SSSR count). The van der Waals surface area contributed by atoms with E-state index in [0.717, 1.165) is 70.6 Å². The Hall–Kier alpha value is -1.06. The number of carbonyl (C=O) groups excluding carboxylic acids is 1. The van der Waals surface area contributed by atoms with Crippen molar-refractivity contribution in [1.29, 1.82) is 0 Å². The molecular formula is C24H46O4. The number of hydrogen-bond donors (Lipinski definition) is 1. The number of aliphatic carboxylic acids is 1. The highest BCUT2D eigenvalue weighted by Crippen LogP contribution is 2.46. The lowest BCUT2D eigenvalue weighted by Gasteiger charge is -2.41.